The van der Waals surface area contributed by atoms with Crippen molar-refractivity contribution in [2.45, 2.75) is 97.3 Å². The van der Waals surface area contributed by atoms with Crippen molar-refractivity contribution in [3.05, 3.63) is 41.0 Å². The predicted molar refractivity (Wildman–Crippen MR) is 170 cm³/mol. The van der Waals surface area contributed by atoms with E-state index in [1.165, 1.54) is 73.6 Å². The van der Waals surface area contributed by atoms with Crippen LogP contribution in [0.25, 0.3) is 11.1 Å². The summed E-state index contributed by atoms with van der Waals surface area (Å²) < 4.78 is 0. The number of unbranched alkanes of at least 4 members (excludes halogenated alkanes) is 3. The van der Waals surface area contributed by atoms with Gasteiger partial charge in [0.05, 0.1) is 22.6 Å². The average Bonchev–Trinajstić information content (AvgIpc) is 3.41. The van der Waals surface area contributed by atoms with Crippen molar-refractivity contribution in [3.63, 3.8) is 0 Å². The van der Waals surface area contributed by atoms with Crippen molar-refractivity contribution in [1.82, 2.24) is 0 Å². The van der Waals surface area contributed by atoms with Gasteiger partial charge in [-0.1, -0.05) is 84.3 Å². The zero-order chi connectivity index (χ0) is 28.2. The largest absolute Gasteiger partial charge is 0.383 e. The number of carbonyl (C=O) groups is 1. The summed E-state index contributed by atoms with van der Waals surface area (Å²) in [4.78, 5) is 20.1. The molecule has 2 aromatic carbocycles. The molecule has 3 aliphatic rings. The number of benzene rings is 2. The molecule has 1 amide bonds. The van der Waals surface area contributed by atoms with Crippen LogP contribution < -0.4 is 16.0 Å². The molecule has 3 N–H and O–H groups in total. The Labute approximate surface area is 242 Å². The molecule has 5 rings (SSSR count). The molecule has 1 aliphatic carbocycles. The first-order valence-electron chi connectivity index (χ1n) is 16.1. The highest BCUT2D eigenvalue weighted by atomic mass is 16.1. The first kappa shape index (κ1) is 28.7. The summed E-state index contributed by atoms with van der Waals surface area (Å²) in [6.45, 7) is 8.66. The van der Waals surface area contributed by atoms with E-state index in [0.29, 0.717) is 23.3 Å². The minimum absolute atomic E-state index is 0.351. The van der Waals surface area contributed by atoms with Crippen molar-refractivity contribution in [2.75, 3.05) is 30.4 Å². The molecule has 0 bridgehead atoms. The Kier molecular flexibility index (Phi) is 9.17. The molecular weight excluding hydrogens is 492 g/mol. The van der Waals surface area contributed by atoms with Gasteiger partial charge < -0.3 is 16.0 Å². The van der Waals surface area contributed by atoms with E-state index in [4.69, 9.17) is 10.7 Å². The van der Waals surface area contributed by atoms with E-state index in [2.05, 4.69) is 68.5 Å². The molecule has 0 spiro atoms. The van der Waals surface area contributed by atoms with E-state index in [0.717, 1.165) is 55.3 Å². The fraction of sp³-hybridized carbons (Fsp3) is 0.600. The number of hydrogen-bond acceptors (Lipinski definition) is 4. The van der Waals surface area contributed by atoms with Crippen LogP contribution in [-0.2, 0) is 6.42 Å². The van der Waals surface area contributed by atoms with Crippen LogP contribution in [0.3, 0.4) is 0 Å². The topological polar surface area (TPSA) is 70.7 Å². The number of nitrogens with two attached hydrogens (primary N) is 1. The molecular formula is C35H50N4O. The maximum atomic E-state index is 12.8. The van der Waals surface area contributed by atoms with Gasteiger partial charge in [0, 0.05) is 38.2 Å². The van der Waals surface area contributed by atoms with E-state index < -0.39 is 0 Å². The van der Waals surface area contributed by atoms with Gasteiger partial charge in [-0.15, -0.1) is 0 Å². The Morgan fingerprint density at radius 2 is 1.93 bits per heavy atom. The molecule has 40 heavy (non-hydrogen) atoms. The first-order valence-corrected chi connectivity index (χ1v) is 16.1. The summed E-state index contributed by atoms with van der Waals surface area (Å²) in [6, 6.07) is 9.12. The molecule has 2 aromatic rings. The molecule has 216 valence electrons. The summed E-state index contributed by atoms with van der Waals surface area (Å²) in [5, 5.41) is 3.59. The van der Waals surface area contributed by atoms with Gasteiger partial charge in [-0.05, 0) is 65.5 Å². The molecule has 0 aromatic heterocycles. The van der Waals surface area contributed by atoms with Crippen molar-refractivity contribution in [3.8, 4) is 11.1 Å². The Bertz CT molecular complexity index is 1230. The molecule has 0 saturated heterocycles. The highest BCUT2D eigenvalue weighted by Crippen LogP contribution is 2.48. The van der Waals surface area contributed by atoms with Crippen LogP contribution in [0.1, 0.15) is 112 Å². The van der Waals surface area contributed by atoms with Gasteiger partial charge in [-0.3, -0.25) is 9.79 Å². The van der Waals surface area contributed by atoms with Crippen LogP contribution >= 0.6 is 0 Å². The van der Waals surface area contributed by atoms with Gasteiger partial charge in [-0.2, -0.15) is 0 Å². The lowest BCUT2D eigenvalue weighted by Gasteiger charge is -2.33. The highest BCUT2D eigenvalue weighted by molar-refractivity contribution is 6.07. The van der Waals surface area contributed by atoms with Gasteiger partial charge in [0.2, 0.25) is 0 Å². The monoisotopic (exact) mass is 542 g/mol. The number of nitrogens with zero attached hydrogens (tertiary/aromatic N) is 2. The van der Waals surface area contributed by atoms with Crippen molar-refractivity contribution in [1.29, 1.82) is 0 Å². The number of nitrogens with one attached hydrogen (secondary N) is 1. The molecule has 3 atom stereocenters. The zero-order valence-electron chi connectivity index (χ0n) is 25.3. The number of amides is 1. The van der Waals surface area contributed by atoms with Gasteiger partial charge in [0.15, 0.2) is 0 Å². The molecule has 5 heteroatoms. The maximum Gasteiger partial charge on any atom is 0.252 e. The lowest BCUT2D eigenvalue weighted by atomic mass is 9.73. The van der Waals surface area contributed by atoms with E-state index in [1.807, 2.05) is 0 Å². The number of carbonyl (C=O) groups excluding carboxylic acids is 1. The van der Waals surface area contributed by atoms with E-state index in [-0.39, 0.29) is 5.91 Å². The summed E-state index contributed by atoms with van der Waals surface area (Å²) in [5.74, 6) is 2.06. The summed E-state index contributed by atoms with van der Waals surface area (Å²) in [5.41, 5.74) is 14.7. The van der Waals surface area contributed by atoms with Crippen molar-refractivity contribution < 1.29 is 4.79 Å². The third kappa shape index (κ3) is 5.80. The van der Waals surface area contributed by atoms with Crippen LogP contribution in [0.4, 0.5) is 17.1 Å². The number of anilines is 2. The summed E-state index contributed by atoms with van der Waals surface area (Å²) in [7, 11) is 2.10. The Balaban J connectivity index is 1.49. The molecule has 0 radical (unpaired) electrons. The quantitative estimate of drug-likeness (QED) is 0.280. The second kappa shape index (κ2) is 12.8. The minimum atomic E-state index is -0.351. The average molecular weight is 543 g/mol. The smallest absolute Gasteiger partial charge is 0.252 e. The fourth-order valence-electron chi connectivity index (χ4n) is 7.49. The van der Waals surface area contributed by atoms with Crippen LogP contribution in [0.5, 0.6) is 0 Å². The second-order valence-corrected chi connectivity index (χ2v) is 12.7. The molecule has 1 fully saturated rings. The summed E-state index contributed by atoms with van der Waals surface area (Å²) >= 11 is 0. The number of hydrogen-bond donors (Lipinski definition) is 2. The molecule has 2 aliphatic heterocycles. The van der Waals surface area contributed by atoms with Crippen molar-refractivity contribution >= 4 is 29.2 Å². The van der Waals surface area contributed by atoms with Crippen LogP contribution in [-0.4, -0.2) is 32.3 Å². The first-order chi connectivity index (χ1) is 19.4. The van der Waals surface area contributed by atoms with E-state index in [9.17, 15) is 4.79 Å². The number of rotatable bonds is 11. The zero-order valence-corrected chi connectivity index (χ0v) is 25.3. The SMILES string of the molecule is CCCCCCN(C)c1cc(-c2ccc3c(c2)N=CC(C(C)C2CCCCC2)C3)c2c(c1C(N)=O)NCC2CC. The minimum Gasteiger partial charge on any atom is -0.383 e. The Morgan fingerprint density at radius 1 is 1.12 bits per heavy atom. The van der Waals surface area contributed by atoms with Gasteiger partial charge in [0.25, 0.3) is 5.91 Å². The standard InChI is InChI=1S/C35H50N4O/c1-5-7-8-12-17-39(4)31-20-29(32-24(6-2)21-38-34(32)33(31)35(36)40)26-15-16-27-18-28(22-37-30(27)19-26)23(3)25-13-10-9-11-14-25/h15-16,19-20,22-25,28,38H,5-14,17-18,21H2,1-4H3,(H2,36,40). The Morgan fingerprint density at radius 3 is 2.65 bits per heavy atom. The third-order valence-corrected chi connectivity index (χ3v) is 10.1. The number of fused-ring (bicyclic) bond motifs is 2. The maximum absolute atomic E-state index is 12.8. The number of aliphatic imine (C=N–C) groups is 1. The number of primary amides is 1. The van der Waals surface area contributed by atoms with Gasteiger partial charge in [-0.25, -0.2) is 0 Å². The van der Waals surface area contributed by atoms with Crippen molar-refractivity contribution in [2.24, 2.45) is 28.5 Å². The van der Waals surface area contributed by atoms with Crippen LogP contribution in [0.15, 0.2) is 29.3 Å². The normalized spacial score (nSPS) is 21.0. The molecule has 1 saturated carbocycles. The van der Waals surface area contributed by atoms with Crippen LogP contribution in [0.2, 0.25) is 0 Å². The molecule has 3 unspecified atom stereocenters. The van der Waals surface area contributed by atoms with Crippen LogP contribution in [0, 0.1) is 17.8 Å². The fourth-order valence-corrected chi connectivity index (χ4v) is 7.49. The second-order valence-electron chi connectivity index (χ2n) is 12.7. The third-order valence-electron chi connectivity index (χ3n) is 10.1. The molecule has 5 nitrogen and oxygen atoms in total. The lowest BCUT2D eigenvalue weighted by molar-refractivity contribution is 0.100. The lowest BCUT2D eigenvalue weighted by Crippen LogP contribution is -2.26. The highest BCUT2D eigenvalue weighted by Gasteiger charge is 2.33. The van der Waals surface area contributed by atoms with E-state index >= 15 is 0 Å². The van der Waals surface area contributed by atoms with Gasteiger partial charge >= 0.3 is 0 Å². The van der Waals surface area contributed by atoms with Gasteiger partial charge in [0.1, 0.15) is 0 Å². The summed E-state index contributed by atoms with van der Waals surface area (Å²) in [6.07, 6.45) is 16.0. The predicted octanol–water partition coefficient (Wildman–Crippen LogP) is 8.48. The van der Waals surface area contributed by atoms with E-state index in [1.54, 1.807) is 0 Å². The molecule has 2 heterocycles. The Hall–Kier alpha value is -2.82.